The van der Waals surface area contributed by atoms with Crippen molar-refractivity contribution in [2.75, 3.05) is 0 Å². The summed E-state index contributed by atoms with van der Waals surface area (Å²) in [4.78, 5) is 0. The number of rotatable bonds is 4. The standard InChI is InChI=1S/C12H14BrFN4/c1-18-7-9(6-16-18)12(17-15)4-8-2-3-10(13)5-11(8)14/h2-3,5-7,12,17H,4,15H2,1H3. The molecule has 1 aromatic carbocycles. The third-order valence-corrected chi connectivity index (χ3v) is 3.26. The van der Waals surface area contributed by atoms with Gasteiger partial charge in [-0.25, -0.2) is 4.39 Å². The van der Waals surface area contributed by atoms with Gasteiger partial charge in [0.1, 0.15) is 5.82 Å². The fourth-order valence-corrected chi connectivity index (χ4v) is 2.13. The molecule has 0 bridgehead atoms. The van der Waals surface area contributed by atoms with Crippen LogP contribution in [0.2, 0.25) is 0 Å². The normalized spacial score (nSPS) is 12.7. The fraction of sp³-hybridized carbons (Fsp3) is 0.250. The Hall–Kier alpha value is -1.24. The number of nitrogens with one attached hydrogen (secondary N) is 1. The Balaban J connectivity index is 2.20. The molecule has 0 saturated heterocycles. The molecular weight excluding hydrogens is 299 g/mol. The van der Waals surface area contributed by atoms with Crippen LogP contribution in [0.5, 0.6) is 0 Å². The summed E-state index contributed by atoms with van der Waals surface area (Å²) in [5, 5.41) is 4.08. The second-order valence-electron chi connectivity index (χ2n) is 4.11. The van der Waals surface area contributed by atoms with Crippen LogP contribution in [0, 0.1) is 5.82 Å². The van der Waals surface area contributed by atoms with E-state index in [0.29, 0.717) is 12.0 Å². The van der Waals surface area contributed by atoms with Crippen LogP contribution in [0.15, 0.2) is 35.1 Å². The van der Waals surface area contributed by atoms with Crippen molar-refractivity contribution in [3.63, 3.8) is 0 Å². The van der Waals surface area contributed by atoms with Crippen LogP contribution < -0.4 is 11.3 Å². The van der Waals surface area contributed by atoms with Gasteiger partial charge in [0.25, 0.3) is 0 Å². The number of hydrazine groups is 1. The topological polar surface area (TPSA) is 55.9 Å². The van der Waals surface area contributed by atoms with E-state index in [1.807, 2.05) is 19.3 Å². The zero-order valence-corrected chi connectivity index (χ0v) is 11.5. The smallest absolute Gasteiger partial charge is 0.127 e. The summed E-state index contributed by atoms with van der Waals surface area (Å²) < 4.78 is 16.2. The van der Waals surface area contributed by atoms with E-state index in [1.165, 1.54) is 6.07 Å². The molecule has 0 radical (unpaired) electrons. The van der Waals surface area contributed by atoms with Crippen LogP contribution in [0.25, 0.3) is 0 Å². The van der Waals surface area contributed by atoms with Crippen molar-refractivity contribution in [3.05, 3.63) is 52.0 Å². The van der Waals surface area contributed by atoms with Crippen LogP contribution in [0.3, 0.4) is 0 Å². The molecule has 0 aliphatic rings. The highest BCUT2D eigenvalue weighted by Gasteiger charge is 2.14. The average molecular weight is 313 g/mol. The minimum atomic E-state index is -0.242. The molecule has 2 rings (SSSR count). The van der Waals surface area contributed by atoms with Crippen molar-refractivity contribution >= 4 is 15.9 Å². The number of hydrogen-bond acceptors (Lipinski definition) is 3. The van der Waals surface area contributed by atoms with E-state index in [1.54, 1.807) is 16.9 Å². The number of halogens is 2. The molecule has 0 saturated carbocycles. The van der Waals surface area contributed by atoms with Crippen molar-refractivity contribution in [2.45, 2.75) is 12.5 Å². The van der Waals surface area contributed by atoms with E-state index < -0.39 is 0 Å². The summed E-state index contributed by atoms with van der Waals surface area (Å²) in [6.07, 6.45) is 4.06. The fourth-order valence-electron chi connectivity index (χ4n) is 1.80. The maximum absolute atomic E-state index is 13.7. The zero-order valence-electron chi connectivity index (χ0n) is 9.90. The third-order valence-electron chi connectivity index (χ3n) is 2.77. The van der Waals surface area contributed by atoms with Gasteiger partial charge in [0.15, 0.2) is 0 Å². The first kappa shape index (κ1) is 13.2. The lowest BCUT2D eigenvalue weighted by molar-refractivity contribution is 0.528. The quantitative estimate of drug-likeness (QED) is 0.671. The molecule has 1 unspecified atom stereocenters. The number of nitrogens with two attached hydrogens (primary N) is 1. The highest BCUT2D eigenvalue weighted by Crippen LogP contribution is 2.21. The van der Waals surface area contributed by atoms with Gasteiger partial charge in [-0.05, 0) is 24.1 Å². The largest absolute Gasteiger partial charge is 0.275 e. The Bertz CT molecular complexity index is 541. The maximum Gasteiger partial charge on any atom is 0.127 e. The number of hydrogen-bond donors (Lipinski definition) is 2. The van der Waals surface area contributed by atoms with Crippen LogP contribution in [-0.4, -0.2) is 9.78 Å². The van der Waals surface area contributed by atoms with Crippen LogP contribution in [0.1, 0.15) is 17.2 Å². The van der Waals surface area contributed by atoms with E-state index in [-0.39, 0.29) is 11.9 Å². The molecule has 0 spiro atoms. The minimum absolute atomic E-state index is 0.158. The highest BCUT2D eigenvalue weighted by molar-refractivity contribution is 9.10. The van der Waals surface area contributed by atoms with E-state index in [9.17, 15) is 4.39 Å². The molecule has 1 aromatic heterocycles. The molecule has 4 nitrogen and oxygen atoms in total. The molecular formula is C12H14BrFN4. The van der Waals surface area contributed by atoms with Gasteiger partial charge in [0.2, 0.25) is 0 Å². The number of aryl methyl sites for hydroxylation is 1. The Morgan fingerprint density at radius 2 is 2.33 bits per heavy atom. The van der Waals surface area contributed by atoms with Crippen molar-refractivity contribution < 1.29 is 4.39 Å². The number of nitrogens with zero attached hydrogens (tertiary/aromatic N) is 2. The van der Waals surface area contributed by atoms with Gasteiger partial charge in [-0.15, -0.1) is 0 Å². The molecule has 0 amide bonds. The summed E-state index contributed by atoms with van der Waals surface area (Å²) in [6.45, 7) is 0. The molecule has 1 heterocycles. The number of aromatic nitrogens is 2. The maximum atomic E-state index is 13.7. The lowest BCUT2D eigenvalue weighted by Crippen LogP contribution is -2.29. The van der Waals surface area contributed by atoms with Gasteiger partial charge in [0, 0.05) is 23.3 Å². The Labute approximate surface area is 113 Å². The lowest BCUT2D eigenvalue weighted by Gasteiger charge is -2.14. The molecule has 1 atom stereocenters. The Morgan fingerprint density at radius 3 is 2.89 bits per heavy atom. The summed E-state index contributed by atoms with van der Waals surface area (Å²) in [5.41, 5.74) is 4.24. The second kappa shape index (κ2) is 5.60. The van der Waals surface area contributed by atoms with Crippen molar-refractivity contribution in [1.29, 1.82) is 0 Å². The first-order valence-corrected chi connectivity index (χ1v) is 6.28. The van der Waals surface area contributed by atoms with E-state index in [2.05, 4.69) is 26.5 Å². The van der Waals surface area contributed by atoms with E-state index in [4.69, 9.17) is 5.84 Å². The predicted octanol–water partition coefficient (Wildman–Crippen LogP) is 2.07. The van der Waals surface area contributed by atoms with E-state index >= 15 is 0 Å². The van der Waals surface area contributed by atoms with Crippen LogP contribution >= 0.6 is 15.9 Å². The van der Waals surface area contributed by atoms with Gasteiger partial charge in [0.05, 0.1) is 12.2 Å². The lowest BCUT2D eigenvalue weighted by atomic mass is 10.0. The second-order valence-corrected chi connectivity index (χ2v) is 5.02. The SMILES string of the molecule is Cn1cc(C(Cc2ccc(Br)cc2F)NN)cn1. The third kappa shape index (κ3) is 2.95. The monoisotopic (exact) mass is 312 g/mol. The van der Waals surface area contributed by atoms with Crippen LogP contribution in [0.4, 0.5) is 4.39 Å². The van der Waals surface area contributed by atoms with Crippen molar-refractivity contribution in [3.8, 4) is 0 Å². The van der Waals surface area contributed by atoms with Gasteiger partial charge in [-0.3, -0.25) is 16.0 Å². The molecule has 3 N–H and O–H groups in total. The predicted molar refractivity (Wildman–Crippen MR) is 71.1 cm³/mol. The summed E-state index contributed by atoms with van der Waals surface area (Å²) in [7, 11) is 1.83. The molecule has 96 valence electrons. The van der Waals surface area contributed by atoms with Crippen LogP contribution in [-0.2, 0) is 13.5 Å². The Morgan fingerprint density at radius 1 is 1.56 bits per heavy atom. The first-order chi connectivity index (χ1) is 8.60. The zero-order chi connectivity index (χ0) is 13.1. The minimum Gasteiger partial charge on any atom is -0.275 e. The van der Waals surface area contributed by atoms with Gasteiger partial charge in [-0.1, -0.05) is 22.0 Å². The average Bonchev–Trinajstić information content (AvgIpc) is 2.75. The number of benzene rings is 1. The Kier molecular flexibility index (Phi) is 4.11. The molecule has 0 aliphatic carbocycles. The summed E-state index contributed by atoms with van der Waals surface area (Å²) in [5.74, 6) is 5.28. The summed E-state index contributed by atoms with van der Waals surface area (Å²) >= 11 is 3.23. The van der Waals surface area contributed by atoms with E-state index in [0.717, 1.165) is 10.0 Å². The van der Waals surface area contributed by atoms with Gasteiger partial charge < -0.3 is 0 Å². The van der Waals surface area contributed by atoms with Gasteiger partial charge >= 0.3 is 0 Å². The van der Waals surface area contributed by atoms with Crippen molar-refractivity contribution in [2.24, 2.45) is 12.9 Å². The molecule has 0 fully saturated rings. The summed E-state index contributed by atoms with van der Waals surface area (Å²) in [6, 6.07) is 4.86. The molecule has 0 aliphatic heterocycles. The molecule has 2 aromatic rings. The first-order valence-electron chi connectivity index (χ1n) is 5.48. The molecule has 18 heavy (non-hydrogen) atoms. The highest BCUT2D eigenvalue weighted by atomic mass is 79.9. The van der Waals surface area contributed by atoms with Crippen molar-refractivity contribution in [1.82, 2.24) is 15.2 Å². The van der Waals surface area contributed by atoms with Gasteiger partial charge in [-0.2, -0.15) is 5.10 Å². The molecule has 6 heteroatoms.